The third-order valence-corrected chi connectivity index (χ3v) is 19.0. The Morgan fingerprint density at radius 2 is 0.568 bits per heavy atom. The van der Waals surface area contributed by atoms with Gasteiger partial charge in [0.05, 0.1) is 26.4 Å². The SMILES string of the molecule is CCCCCC/C=C\C=C/CCCCCCCC(=O)OC[C@H](COP(=O)(O)OC[C@@H](O)COP(=O)(O)OC[C@@H](COC(=O)CCCCCCCCC(C)C)OC(=O)CCCCCCCCCCCCCC)OC(=O)CCCCCCCCCCCCCCCCCCC(C)C. The summed E-state index contributed by atoms with van der Waals surface area (Å²) < 4.78 is 68.4. The van der Waals surface area contributed by atoms with Crippen LogP contribution in [0.1, 0.15) is 369 Å². The van der Waals surface area contributed by atoms with Crippen molar-refractivity contribution in [3.8, 4) is 0 Å². The normalized spacial score (nSPS) is 14.2. The van der Waals surface area contributed by atoms with E-state index in [4.69, 9.17) is 37.0 Å². The van der Waals surface area contributed by atoms with E-state index in [1.54, 1.807) is 0 Å². The van der Waals surface area contributed by atoms with Gasteiger partial charge in [-0.25, -0.2) is 9.13 Å². The number of hydrogen-bond donors (Lipinski definition) is 3. The van der Waals surface area contributed by atoms with Crippen molar-refractivity contribution in [3.05, 3.63) is 24.3 Å². The lowest BCUT2D eigenvalue weighted by Crippen LogP contribution is -2.30. The van der Waals surface area contributed by atoms with Gasteiger partial charge < -0.3 is 33.8 Å². The molecule has 95 heavy (non-hydrogen) atoms. The van der Waals surface area contributed by atoms with E-state index in [1.807, 2.05) is 0 Å². The van der Waals surface area contributed by atoms with Crippen molar-refractivity contribution in [2.24, 2.45) is 11.8 Å². The van der Waals surface area contributed by atoms with Crippen LogP contribution in [0.25, 0.3) is 0 Å². The summed E-state index contributed by atoms with van der Waals surface area (Å²) in [7, 11) is -9.92. The lowest BCUT2D eigenvalue weighted by molar-refractivity contribution is -0.161. The van der Waals surface area contributed by atoms with E-state index in [1.165, 1.54) is 161 Å². The predicted molar refractivity (Wildman–Crippen MR) is 386 cm³/mol. The van der Waals surface area contributed by atoms with Crippen LogP contribution >= 0.6 is 15.6 Å². The Hall–Kier alpha value is -2.46. The fourth-order valence-electron chi connectivity index (χ4n) is 11.1. The first-order valence-corrected chi connectivity index (χ1v) is 41.8. The first-order chi connectivity index (χ1) is 45.9. The largest absolute Gasteiger partial charge is 0.472 e. The maximum absolute atomic E-state index is 13.1. The van der Waals surface area contributed by atoms with Gasteiger partial charge in [-0.3, -0.25) is 37.3 Å². The van der Waals surface area contributed by atoms with Crippen molar-refractivity contribution < 1.29 is 80.2 Å². The van der Waals surface area contributed by atoms with Crippen molar-refractivity contribution in [2.45, 2.75) is 387 Å². The van der Waals surface area contributed by atoms with E-state index in [0.717, 1.165) is 121 Å². The second-order valence-electron chi connectivity index (χ2n) is 27.7. The molecule has 560 valence electrons. The predicted octanol–water partition coefficient (Wildman–Crippen LogP) is 21.9. The molecule has 0 rings (SSSR count). The number of ether oxygens (including phenoxy) is 4. The van der Waals surface area contributed by atoms with Crippen molar-refractivity contribution in [2.75, 3.05) is 39.6 Å². The number of aliphatic hydroxyl groups excluding tert-OH is 1. The minimum absolute atomic E-state index is 0.101. The number of carbonyl (C=O) groups excluding carboxylic acids is 4. The Morgan fingerprint density at radius 3 is 0.863 bits per heavy atom. The summed E-state index contributed by atoms with van der Waals surface area (Å²) in [6.07, 6.45) is 57.8. The van der Waals surface area contributed by atoms with Gasteiger partial charge in [0.25, 0.3) is 0 Å². The standard InChI is InChI=1S/C76H144O17P2/c1-7-9-11-13-15-17-19-21-24-28-32-35-39-46-52-58-73(78)86-64-71(92-76(81)61-55-49-41-37-33-29-26-23-22-25-27-30-34-38-44-50-56-68(3)4)66-90-94(82,83)88-62-70(77)63-89-95(84,85)91-67-72(65-87-74(79)59-53-47-43-42-45-51-57-69(5)6)93-75(80)60-54-48-40-36-31-20-18-16-14-12-10-8-2/h17,19,21,24,68-72,77H,7-16,18,20,22-23,25-67H2,1-6H3,(H,82,83)(H,84,85)/b19-17-,24-21-/t70-,71-,72-/m1/s1. The van der Waals surface area contributed by atoms with E-state index in [2.05, 4.69) is 65.8 Å². The summed E-state index contributed by atoms with van der Waals surface area (Å²) in [5.41, 5.74) is 0. The highest BCUT2D eigenvalue weighted by Crippen LogP contribution is 2.45. The Labute approximate surface area is 580 Å². The molecule has 5 atom stereocenters. The smallest absolute Gasteiger partial charge is 0.462 e. The number of phosphoric ester groups is 2. The molecule has 0 fully saturated rings. The summed E-state index contributed by atoms with van der Waals surface area (Å²) in [6.45, 7) is 9.47. The van der Waals surface area contributed by atoms with Crippen molar-refractivity contribution in [1.29, 1.82) is 0 Å². The number of carbonyl (C=O) groups is 4. The molecule has 0 amide bonds. The maximum atomic E-state index is 13.1. The van der Waals surface area contributed by atoms with Crippen LogP contribution < -0.4 is 0 Å². The van der Waals surface area contributed by atoms with Crippen LogP contribution in [-0.2, 0) is 65.4 Å². The molecule has 0 heterocycles. The second kappa shape index (κ2) is 67.4. The minimum Gasteiger partial charge on any atom is -0.462 e. The van der Waals surface area contributed by atoms with Gasteiger partial charge in [-0.1, -0.05) is 316 Å². The zero-order valence-corrected chi connectivity index (χ0v) is 63.2. The van der Waals surface area contributed by atoms with Crippen LogP contribution in [0.2, 0.25) is 0 Å². The highest BCUT2D eigenvalue weighted by Gasteiger charge is 2.30. The fraction of sp³-hybridized carbons (Fsp3) is 0.895. The molecule has 17 nitrogen and oxygen atoms in total. The van der Waals surface area contributed by atoms with E-state index in [-0.39, 0.29) is 25.7 Å². The van der Waals surface area contributed by atoms with E-state index in [9.17, 15) is 43.2 Å². The van der Waals surface area contributed by atoms with Gasteiger partial charge in [0.2, 0.25) is 0 Å². The van der Waals surface area contributed by atoms with E-state index < -0.39 is 97.5 Å². The van der Waals surface area contributed by atoms with Crippen molar-refractivity contribution >= 4 is 39.5 Å². The molecule has 0 aromatic heterocycles. The van der Waals surface area contributed by atoms with Crippen LogP contribution in [0.4, 0.5) is 0 Å². The van der Waals surface area contributed by atoms with Crippen molar-refractivity contribution in [1.82, 2.24) is 0 Å². The van der Waals surface area contributed by atoms with Gasteiger partial charge in [-0.15, -0.1) is 0 Å². The van der Waals surface area contributed by atoms with Crippen LogP contribution in [0, 0.1) is 11.8 Å². The summed E-state index contributed by atoms with van der Waals surface area (Å²) in [5.74, 6) is -0.662. The van der Waals surface area contributed by atoms with Gasteiger partial charge in [0.15, 0.2) is 12.2 Å². The average molecular weight is 1390 g/mol. The molecule has 0 radical (unpaired) electrons. The monoisotopic (exact) mass is 1390 g/mol. The summed E-state index contributed by atoms with van der Waals surface area (Å²) in [5, 5.41) is 10.6. The van der Waals surface area contributed by atoms with Gasteiger partial charge in [0, 0.05) is 25.7 Å². The van der Waals surface area contributed by atoms with E-state index >= 15 is 0 Å². The Bertz CT molecular complexity index is 1930. The molecular formula is C76H144O17P2. The van der Waals surface area contributed by atoms with E-state index in [0.29, 0.717) is 31.6 Å². The molecular weight excluding hydrogens is 1250 g/mol. The molecule has 0 saturated heterocycles. The molecule has 0 aliphatic heterocycles. The second-order valence-corrected chi connectivity index (χ2v) is 30.6. The van der Waals surface area contributed by atoms with Gasteiger partial charge in [-0.2, -0.15) is 0 Å². The maximum Gasteiger partial charge on any atom is 0.472 e. The summed E-state index contributed by atoms with van der Waals surface area (Å²) in [6, 6.07) is 0. The molecule has 0 spiro atoms. The number of phosphoric acid groups is 2. The zero-order chi connectivity index (χ0) is 70.0. The summed E-state index contributed by atoms with van der Waals surface area (Å²) in [4.78, 5) is 72.7. The number of rotatable bonds is 73. The molecule has 0 aliphatic carbocycles. The number of aliphatic hydroxyl groups is 1. The first kappa shape index (κ1) is 92.5. The molecule has 0 aromatic carbocycles. The Morgan fingerprint density at radius 1 is 0.326 bits per heavy atom. The molecule has 0 saturated carbocycles. The third-order valence-electron chi connectivity index (χ3n) is 17.1. The first-order valence-electron chi connectivity index (χ1n) is 38.8. The summed E-state index contributed by atoms with van der Waals surface area (Å²) >= 11 is 0. The van der Waals surface area contributed by atoms with Gasteiger partial charge in [-0.05, 0) is 63.2 Å². The quantitative estimate of drug-likeness (QED) is 0.0169. The lowest BCUT2D eigenvalue weighted by atomic mass is 10.0. The molecule has 0 bridgehead atoms. The highest BCUT2D eigenvalue weighted by atomic mass is 31.2. The molecule has 2 unspecified atom stereocenters. The zero-order valence-electron chi connectivity index (χ0n) is 61.5. The third kappa shape index (κ3) is 69.8. The lowest BCUT2D eigenvalue weighted by Gasteiger charge is -2.21. The number of esters is 4. The Balaban J connectivity index is 5.26. The molecule has 19 heteroatoms. The van der Waals surface area contributed by atoms with Crippen LogP contribution in [0.5, 0.6) is 0 Å². The highest BCUT2D eigenvalue weighted by molar-refractivity contribution is 7.47. The minimum atomic E-state index is -4.96. The molecule has 0 aromatic rings. The van der Waals surface area contributed by atoms with Crippen LogP contribution in [0.15, 0.2) is 24.3 Å². The molecule has 0 aliphatic rings. The fourth-order valence-corrected chi connectivity index (χ4v) is 12.7. The molecule has 3 N–H and O–H groups in total. The number of allylic oxidation sites excluding steroid dienone is 4. The average Bonchev–Trinajstić information content (AvgIpc) is 1.56. The number of hydrogen-bond acceptors (Lipinski definition) is 15. The van der Waals surface area contributed by atoms with Crippen molar-refractivity contribution in [3.63, 3.8) is 0 Å². The van der Waals surface area contributed by atoms with Crippen LogP contribution in [0.3, 0.4) is 0 Å². The van der Waals surface area contributed by atoms with Gasteiger partial charge in [0.1, 0.15) is 19.3 Å². The topological polar surface area (TPSA) is 237 Å². The van der Waals surface area contributed by atoms with Gasteiger partial charge >= 0.3 is 39.5 Å². The number of unbranched alkanes of at least 4 members (excludes halogenated alkanes) is 40. The Kier molecular flexibility index (Phi) is 65.6. The van der Waals surface area contributed by atoms with Crippen LogP contribution in [-0.4, -0.2) is 96.7 Å².